The molecule has 1 aromatic rings. The number of carbonyl (C=O) groups excluding carboxylic acids is 1. The molecule has 0 radical (unpaired) electrons. The third-order valence-electron chi connectivity index (χ3n) is 4.48. The molecule has 0 saturated heterocycles. The van der Waals surface area contributed by atoms with Gasteiger partial charge in [-0.25, -0.2) is 5.43 Å². The van der Waals surface area contributed by atoms with Crippen molar-refractivity contribution in [1.82, 2.24) is 5.43 Å². The first-order valence-electron chi connectivity index (χ1n) is 6.85. The molecule has 3 rings (SSSR count). The molecule has 5 heteroatoms. The number of rotatable bonds is 4. The van der Waals surface area contributed by atoms with Gasteiger partial charge in [0.1, 0.15) is 0 Å². The smallest absolute Gasteiger partial charge is 0.243 e. The van der Waals surface area contributed by atoms with E-state index in [1.807, 2.05) is 0 Å². The minimum atomic E-state index is -0.0108. The summed E-state index contributed by atoms with van der Waals surface area (Å²) in [6, 6.07) is 5.12. The Morgan fingerprint density at radius 1 is 1.55 bits per heavy atom. The number of benzene rings is 1. The van der Waals surface area contributed by atoms with Crippen LogP contribution in [0.15, 0.2) is 23.3 Å². The highest BCUT2D eigenvalue weighted by atomic mass is 16.5. The van der Waals surface area contributed by atoms with E-state index in [1.54, 1.807) is 18.2 Å². The molecule has 5 nitrogen and oxygen atoms in total. The monoisotopic (exact) mass is 274 g/mol. The van der Waals surface area contributed by atoms with Gasteiger partial charge >= 0.3 is 0 Å². The van der Waals surface area contributed by atoms with Crippen LogP contribution in [0.2, 0.25) is 0 Å². The Morgan fingerprint density at radius 3 is 2.95 bits per heavy atom. The summed E-state index contributed by atoms with van der Waals surface area (Å²) >= 11 is 0. The Kier molecular flexibility index (Phi) is 3.12. The molecule has 0 aliphatic heterocycles. The number of phenols is 1. The standard InChI is InChI=1S/C15H18N2O3/c1-20-12-5-2-4-10(13(12)18)9-16-17-14(19)11-8-15(11)6-3-7-15/h2,4-5,9,11,18H,3,6-8H2,1H3,(H,17,19)/b16-9+. The zero-order valence-electron chi connectivity index (χ0n) is 11.4. The number of nitrogens with one attached hydrogen (secondary N) is 1. The second-order valence-electron chi connectivity index (χ2n) is 5.60. The molecule has 2 aliphatic carbocycles. The van der Waals surface area contributed by atoms with Crippen LogP contribution in [0.3, 0.4) is 0 Å². The highest BCUT2D eigenvalue weighted by Crippen LogP contribution is 2.65. The topological polar surface area (TPSA) is 70.9 Å². The van der Waals surface area contributed by atoms with Crippen molar-refractivity contribution in [2.75, 3.05) is 7.11 Å². The number of amides is 1. The largest absolute Gasteiger partial charge is 0.504 e. The molecule has 2 fully saturated rings. The van der Waals surface area contributed by atoms with Gasteiger partial charge in [0.2, 0.25) is 5.91 Å². The summed E-state index contributed by atoms with van der Waals surface area (Å²) in [5, 5.41) is 13.8. The fourth-order valence-electron chi connectivity index (χ4n) is 2.95. The SMILES string of the molecule is COc1cccc(/C=N/NC(=O)C2CC23CCC3)c1O. The van der Waals surface area contributed by atoms with E-state index in [0.29, 0.717) is 16.7 Å². The van der Waals surface area contributed by atoms with Crippen LogP contribution in [0.25, 0.3) is 0 Å². The van der Waals surface area contributed by atoms with Crippen molar-refractivity contribution in [3.63, 3.8) is 0 Å². The molecule has 0 heterocycles. The van der Waals surface area contributed by atoms with E-state index in [0.717, 1.165) is 6.42 Å². The molecular formula is C15H18N2O3. The molecule has 2 aliphatic rings. The first-order chi connectivity index (χ1) is 9.66. The van der Waals surface area contributed by atoms with Crippen molar-refractivity contribution in [2.24, 2.45) is 16.4 Å². The van der Waals surface area contributed by atoms with Crippen molar-refractivity contribution in [1.29, 1.82) is 0 Å². The number of hydrogen-bond donors (Lipinski definition) is 2. The number of nitrogens with zero attached hydrogens (tertiary/aromatic N) is 1. The fraction of sp³-hybridized carbons (Fsp3) is 0.467. The van der Waals surface area contributed by atoms with Crippen molar-refractivity contribution in [3.8, 4) is 11.5 Å². The van der Waals surface area contributed by atoms with E-state index in [2.05, 4.69) is 10.5 Å². The molecule has 0 aromatic heterocycles. The highest BCUT2D eigenvalue weighted by Gasteiger charge is 2.60. The maximum absolute atomic E-state index is 11.9. The number of phenolic OH excluding ortho intramolecular Hbond substituents is 1. The fourth-order valence-corrected chi connectivity index (χ4v) is 2.95. The van der Waals surface area contributed by atoms with Crippen LogP contribution in [0, 0.1) is 11.3 Å². The first-order valence-corrected chi connectivity index (χ1v) is 6.85. The molecule has 0 bridgehead atoms. The summed E-state index contributed by atoms with van der Waals surface area (Å²) in [7, 11) is 1.49. The van der Waals surface area contributed by atoms with E-state index in [4.69, 9.17) is 4.74 Å². The van der Waals surface area contributed by atoms with E-state index < -0.39 is 0 Å². The Hall–Kier alpha value is -2.04. The second-order valence-corrected chi connectivity index (χ2v) is 5.60. The Morgan fingerprint density at radius 2 is 2.35 bits per heavy atom. The van der Waals surface area contributed by atoms with Gasteiger partial charge in [0.15, 0.2) is 11.5 Å². The summed E-state index contributed by atoms with van der Waals surface area (Å²) in [4.78, 5) is 11.9. The van der Waals surface area contributed by atoms with Gasteiger partial charge in [-0.05, 0) is 36.8 Å². The van der Waals surface area contributed by atoms with Gasteiger partial charge in [-0.3, -0.25) is 4.79 Å². The lowest BCUT2D eigenvalue weighted by molar-refractivity contribution is -0.123. The number of carbonyl (C=O) groups is 1. The van der Waals surface area contributed by atoms with Gasteiger partial charge in [-0.15, -0.1) is 0 Å². The number of ether oxygens (including phenoxy) is 1. The van der Waals surface area contributed by atoms with E-state index >= 15 is 0 Å². The maximum atomic E-state index is 11.9. The van der Waals surface area contributed by atoms with Crippen molar-refractivity contribution >= 4 is 12.1 Å². The third-order valence-corrected chi connectivity index (χ3v) is 4.48. The molecule has 106 valence electrons. The molecule has 1 unspecified atom stereocenters. The van der Waals surface area contributed by atoms with Gasteiger partial charge in [0.05, 0.1) is 13.3 Å². The zero-order valence-corrected chi connectivity index (χ0v) is 11.4. The van der Waals surface area contributed by atoms with Crippen LogP contribution < -0.4 is 10.2 Å². The lowest BCUT2D eigenvalue weighted by atomic mass is 9.80. The normalized spacial score (nSPS) is 22.6. The van der Waals surface area contributed by atoms with Crippen LogP contribution in [-0.2, 0) is 4.79 Å². The number of hydrogen-bond acceptors (Lipinski definition) is 4. The van der Waals surface area contributed by atoms with E-state index in [1.165, 1.54) is 32.6 Å². The number of aromatic hydroxyl groups is 1. The van der Waals surface area contributed by atoms with Crippen LogP contribution in [-0.4, -0.2) is 24.3 Å². The van der Waals surface area contributed by atoms with Gasteiger partial charge in [0.25, 0.3) is 0 Å². The van der Waals surface area contributed by atoms with E-state index in [-0.39, 0.29) is 17.6 Å². The van der Waals surface area contributed by atoms with Crippen molar-refractivity contribution < 1.29 is 14.6 Å². The third kappa shape index (κ3) is 2.13. The highest BCUT2D eigenvalue weighted by molar-refractivity contribution is 5.87. The first kappa shape index (κ1) is 13.0. The summed E-state index contributed by atoms with van der Waals surface area (Å²) < 4.78 is 5.01. The molecule has 1 aromatic carbocycles. The van der Waals surface area contributed by atoms with Crippen LogP contribution in [0.5, 0.6) is 11.5 Å². The van der Waals surface area contributed by atoms with Crippen LogP contribution in [0.4, 0.5) is 0 Å². The number of para-hydroxylation sites is 1. The average molecular weight is 274 g/mol. The van der Waals surface area contributed by atoms with E-state index in [9.17, 15) is 9.90 Å². The summed E-state index contributed by atoms with van der Waals surface area (Å²) in [5.41, 5.74) is 3.38. The predicted molar refractivity (Wildman–Crippen MR) is 74.8 cm³/mol. The quantitative estimate of drug-likeness (QED) is 0.652. The number of methoxy groups -OCH3 is 1. The zero-order chi connectivity index (χ0) is 14.2. The minimum absolute atomic E-state index is 0.0108. The Balaban J connectivity index is 1.59. The van der Waals surface area contributed by atoms with Crippen molar-refractivity contribution in [2.45, 2.75) is 25.7 Å². The molecular weight excluding hydrogens is 256 g/mol. The maximum Gasteiger partial charge on any atom is 0.243 e. The van der Waals surface area contributed by atoms with Gasteiger partial charge in [-0.2, -0.15) is 5.10 Å². The molecule has 2 saturated carbocycles. The van der Waals surface area contributed by atoms with Gasteiger partial charge in [0, 0.05) is 11.5 Å². The summed E-state index contributed by atoms with van der Waals surface area (Å²) in [6.07, 6.45) is 6.02. The lowest BCUT2D eigenvalue weighted by Crippen LogP contribution is -2.26. The average Bonchev–Trinajstić information content (AvgIpc) is 3.16. The van der Waals surface area contributed by atoms with Crippen LogP contribution >= 0.6 is 0 Å². The minimum Gasteiger partial charge on any atom is -0.504 e. The number of hydrazone groups is 1. The molecule has 1 atom stereocenters. The molecule has 1 spiro atoms. The van der Waals surface area contributed by atoms with Crippen LogP contribution in [0.1, 0.15) is 31.2 Å². The Labute approximate surface area is 117 Å². The molecule has 1 amide bonds. The summed E-state index contributed by atoms with van der Waals surface area (Å²) in [5.74, 6) is 0.529. The Bertz CT molecular complexity index is 564. The predicted octanol–water partition coefficient (Wildman–Crippen LogP) is 2.04. The second kappa shape index (κ2) is 4.81. The lowest BCUT2D eigenvalue weighted by Gasteiger charge is -2.25. The van der Waals surface area contributed by atoms with Gasteiger partial charge < -0.3 is 9.84 Å². The van der Waals surface area contributed by atoms with Crippen molar-refractivity contribution in [3.05, 3.63) is 23.8 Å². The molecule has 20 heavy (non-hydrogen) atoms. The summed E-state index contributed by atoms with van der Waals surface area (Å²) in [6.45, 7) is 0. The molecule has 2 N–H and O–H groups in total. The van der Waals surface area contributed by atoms with Gasteiger partial charge in [-0.1, -0.05) is 12.5 Å².